The van der Waals surface area contributed by atoms with Gasteiger partial charge in [-0.2, -0.15) is 5.26 Å². The molecule has 36 heavy (non-hydrogen) atoms. The van der Waals surface area contributed by atoms with E-state index in [1.165, 1.54) is 6.08 Å². The first-order valence-electron chi connectivity index (χ1n) is 10.9. The second kappa shape index (κ2) is 10.3. The van der Waals surface area contributed by atoms with E-state index in [0.717, 1.165) is 45.4 Å². The van der Waals surface area contributed by atoms with Crippen LogP contribution in [0.3, 0.4) is 0 Å². The fraction of sp³-hybridized carbons (Fsp3) is 0.200. The number of para-hydroxylation sites is 2. The number of nitriles is 1. The SMILES string of the molecule is Cc1cccc(C)c1OCCn1cc(/C=C(/C#N)C(=O)Nc2nnc(S(C)(=O)=O)s2)c2ccccc21. The summed E-state index contributed by atoms with van der Waals surface area (Å²) in [5, 5.41) is 20.2. The first-order chi connectivity index (χ1) is 17.2. The normalized spacial score (nSPS) is 11.9. The Kier molecular flexibility index (Phi) is 7.19. The van der Waals surface area contributed by atoms with E-state index >= 15 is 0 Å². The molecule has 1 N–H and O–H groups in total. The first kappa shape index (κ1) is 25.1. The van der Waals surface area contributed by atoms with Crippen molar-refractivity contribution in [3.8, 4) is 11.8 Å². The minimum Gasteiger partial charge on any atom is -0.491 e. The van der Waals surface area contributed by atoms with Gasteiger partial charge < -0.3 is 9.30 Å². The lowest BCUT2D eigenvalue weighted by atomic mass is 10.1. The zero-order chi connectivity index (χ0) is 25.9. The Labute approximate surface area is 212 Å². The number of nitrogens with one attached hydrogen (secondary N) is 1. The molecule has 1 amide bonds. The number of fused-ring (bicyclic) bond motifs is 1. The summed E-state index contributed by atoms with van der Waals surface area (Å²) in [5.74, 6) is 0.164. The van der Waals surface area contributed by atoms with Gasteiger partial charge >= 0.3 is 0 Å². The second-order valence-electron chi connectivity index (χ2n) is 8.13. The predicted molar refractivity (Wildman–Crippen MR) is 139 cm³/mol. The molecule has 2 aromatic heterocycles. The van der Waals surface area contributed by atoms with E-state index in [-0.39, 0.29) is 15.0 Å². The molecule has 0 fully saturated rings. The summed E-state index contributed by atoms with van der Waals surface area (Å²) in [6, 6.07) is 15.6. The molecule has 0 aliphatic heterocycles. The highest BCUT2D eigenvalue weighted by atomic mass is 32.2. The molecule has 2 aromatic carbocycles. The van der Waals surface area contributed by atoms with Crippen molar-refractivity contribution in [3.05, 3.63) is 70.9 Å². The van der Waals surface area contributed by atoms with Gasteiger partial charge in [-0.1, -0.05) is 47.7 Å². The van der Waals surface area contributed by atoms with E-state index in [1.54, 1.807) is 0 Å². The molecule has 0 unspecified atom stereocenters. The Balaban J connectivity index is 1.56. The van der Waals surface area contributed by atoms with Crippen LogP contribution in [0.15, 0.2) is 58.6 Å². The number of aryl methyl sites for hydroxylation is 2. The zero-order valence-corrected chi connectivity index (χ0v) is 21.5. The standard InChI is InChI=1S/C25H23N5O4S2/c1-16-7-6-8-17(2)22(16)34-12-11-30-15-19(20-9-4-5-10-21(20)30)13-18(14-26)23(31)27-24-28-29-25(35-24)36(3,32)33/h4-10,13,15H,11-12H2,1-3H3,(H,27,28,31)/b18-13-. The van der Waals surface area contributed by atoms with Crippen LogP contribution >= 0.6 is 11.3 Å². The van der Waals surface area contributed by atoms with Crippen LogP contribution in [-0.4, -0.2) is 42.0 Å². The van der Waals surface area contributed by atoms with Crippen molar-refractivity contribution in [1.82, 2.24) is 14.8 Å². The quantitative estimate of drug-likeness (QED) is 0.210. The van der Waals surface area contributed by atoms with Crippen LogP contribution in [0.1, 0.15) is 16.7 Å². The van der Waals surface area contributed by atoms with Crippen LogP contribution in [0.2, 0.25) is 0 Å². The number of carbonyl (C=O) groups excluding carboxylic acids is 1. The minimum absolute atomic E-state index is 0.00680. The van der Waals surface area contributed by atoms with Crippen molar-refractivity contribution in [2.45, 2.75) is 24.7 Å². The summed E-state index contributed by atoms with van der Waals surface area (Å²) in [6.07, 6.45) is 4.37. The molecule has 0 saturated heterocycles. The lowest BCUT2D eigenvalue weighted by molar-refractivity contribution is -0.112. The number of hydrogen-bond acceptors (Lipinski definition) is 8. The molecule has 0 atom stereocenters. The summed E-state index contributed by atoms with van der Waals surface area (Å²) < 4.78 is 31.1. The van der Waals surface area contributed by atoms with Crippen molar-refractivity contribution in [2.24, 2.45) is 0 Å². The van der Waals surface area contributed by atoms with Crippen molar-refractivity contribution in [1.29, 1.82) is 5.26 Å². The van der Waals surface area contributed by atoms with Gasteiger partial charge in [-0.15, -0.1) is 10.2 Å². The summed E-state index contributed by atoms with van der Waals surface area (Å²) >= 11 is 0.721. The van der Waals surface area contributed by atoms with E-state index in [9.17, 15) is 18.5 Å². The monoisotopic (exact) mass is 521 g/mol. The van der Waals surface area contributed by atoms with Gasteiger partial charge in [0.15, 0.2) is 0 Å². The molecule has 0 aliphatic rings. The number of anilines is 1. The number of benzene rings is 2. The number of rotatable bonds is 8. The number of aromatic nitrogens is 3. The molecule has 0 aliphatic carbocycles. The highest BCUT2D eigenvalue weighted by molar-refractivity contribution is 7.92. The number of nitrogens with zero attached hydrogens (tertiary/aromatic N) is 4. The first-order valence-corrected chi connectivity index (χ1v) is 13.6. The molecule has 11 heteroatoms. The molecule has 184 valence electrons. The molecule has 0 bridgehead atoms. The Bertz CT molecular complexity index is 1610. The Morgan fingerprint density at radius 1 is 1.17 bits per heavy atom. The average molecular weight is 522 g/mol. The summed E-state index contributed by atoms with van der Waals surface area (Å²) in [4.78, 5) is 12.7. The van der Waals surface area contributed by atoms with Crippen molar-refractivity contribution >= 4 is 49.2 Å². The maximum atomic E-state index is 12.7. The molecule has 2 heterocycles. The van der Waals surface area contributed by atoms with Gasteiger partial charge in [0.2, 0.25) is 19.3 Å². The molecule has 9 nitrogen and oxygen atoms in total. The third-order valence-electron chi connectivity index (χ3n) is 5.42. The van der Waals surface area contributed by atoms with E-state index in [2.05, 4.69) is 15.5 Å². The third kappa shape index (κ3) is 5.45. The van der Waals surface area contributed by atoms with Crippen LogP contribution in [0.4, 0.5) is 5.13 Å². The van der Waals surface area contributed by atoms with Crippen LogP contribution in [-0.2, 0) is 21.2 Å². The number of sulfone groups is 1. The smallest absolute Gasteiger partial charge is 0.268 e. The van der Waals surface area contributed by atoms with Gasteiger partial charge in [-0.05, 0) is 37.1 Å². The topological polar surface area (TPSA) is 127 Å². The number of carbonyl (C=O) groups is 1. The lowest BCUT2D eigenvalue weighted by Gasteiger charge is -2.12. The van der Waals surface area contributed by atoms with E-state index in [1.807, 2.05) is 73.1 Å². The fourth-order valence-corrected chi connectivity index (χ4v) is 5.23. The maximum absolute atomic E-state index is 12.7. The molecule has 4 aromatic rings. The molecule has 0 radical (unpaired) electrons. The highest BCUT2D eigenvalue weighted by Gasteiger charge is 2.18. The van der Waals surface area contributed by atoms with Gasteiger partial charge in [0.1, 0.15) is 24.0 Å². The van der Waals surface area contributed by atoms with Gasteiger partial charge in [-0.3, -0.25) is 10.1 Å². The predicted octanol–water partition coefficient (Wildman–Crippen LogP) is 4.14. The largest absolute Gasteiger partial charge is 0.491 e. The average Bonchev–Trinajstić information content (AvgIpc) is 3.44. The summed E-state index contributed by atoms with van der Waals surface area (Å²) in [7, 11) is -3.54. The minimum atomic E-state index is -3.54. The maximum Gasteiger partial charge on any atom is 0.268 e. The lowest BCUT2D eigenvalue weighted by Crippen LogP contribution is -2.13. The van der Waals surface area contributed by atoms with Crippen LogP contribution in [0.25, 0.3) is 17.0 Å². The number of hydrogen-bond donors (Lipinski definition) is 1. The van der Waals surface area contributed by atoms with E-state index in [0.29, 0.717) is 18.7 Å². The zero-order valence-electron chi connectivity index (χ0n) is 19.8. The number of ether oxygens (including phenoxy) is 1. The van der Waals surface area contributed by atoms with Crippen molar-refractivity contribution < 1.29 is 17.9 Å². The fourth-order valence-electron chi connectivity index (χ4n) is 3.73. The highest BCUT2D eigenvalue weighted by Crippen LogP contribution is 2.26. The van der Waals surface area contributed by atoms with Crippen LogP contribution < -0.4 is 10.1 Å². The summed E-state index contributed by atoms with van der Waals surface area (Å²) in [6.45, 7) is 5.02. The second-order valence-corrected chi connectivity index (χ2v) is 11.3. The number of amides is 1. The van der Waals surface area contributed by atoms with Gasteiger partial charge in [0.25, 0.3) is 5.91 Å². The Morgan fingerprint density at radius 3 is 2.56 bits per heavy atom. The van der Waals surface area contributed by atoms with E-state index < -0.39 is 15.7 Å². The molecule has 0 saturated carbocycles. The Hall–Kier alpha value is -4.01. The van der Waals surface area contributed by atoms with Crippen molar-refractivity contribution in [3.63, 3.8) is 0 Å². The molecule has 4 rings (SSSR count). The van der Waals surface area contributed by atoms with Gasteiger partial charge in [-0.25, -0.2) is 8.42 Å². The van der Waals surface area contributed by atoms with Crippen LogP contribution in [0, 0.1) is 25.2 Å². The Morgan fingerprint density at radius 2 is 1.89 bits per heavy atom. The van der Waals surface area contributed by atoms with Gasteiger partial charge in [0, 0.05) is 28.9 Å². The third-order valence-corrected chi connectivity index (χ3v) is 7.92. The van der Waals surface area contributed by atoms with Gasteiger partial charge in [0.05, 0.1) is 6.54 Å². The van der Waals surface area contributed by atoms with Crippen LogP contribution in [0.5, 0.6) is 5.75 Å². The molecular formula is C25H23N5O4S2. The molecule has 0 spiro atoms. The van der Waals surface area contributed by atoms with E-state index in [4.69, 9.17) is 4.74 Å². The molecular weight excluding hydrogens is 498 g/mol. The summed E-state index contributed by atoms with van der Waals surface area (Å²) in [5.41, 5.74) is 3.62. The van der Waals surface area contributed by atoms with Crippen molar-refractivity contribution in [2.75, 3.05) is 18.2 Å².